The number of hydrogen-bond acceptors (Lipinski definition) is 4. The topological polar surface area (TPSA) is 68.4 Å². The van der Waals surface area contributed by atoms with E-state index in [1.807, 2.05) is 0 Å². The lowest BCUT2D eigenvalue weighted by Gasteiger charge is -2.39. The van der Waals surface area contributed by atoms with Gasteiger partial charge in [-0.3, -0.25) is 14.5 Å². The third-order valence-electron chi connectivity index (χ3n) is 5.67. The molecule has 3 aromatic rings. The highest BCUT2D eigenvalue weighted by molar-refractivity contribution is 6.31. The standard InChI is InChI=1S/C22H16ClF3N4O2/c23-13-1-2-17-12(21(13)26)9-27-6-5-16-18(3-4-20(31)28-16)30-10-29(17)19-8-15(25)14(24)7-11(19)22(30)32/h1-4,7-8,27H,5-6,9-10H2,(H,28,31). The van der Waals surface area contributed by atoms with Gasteiger partial charge in [-0.1, -0.05) is 11.6 Å². The Morgan fingerprint density at radius 2 is 1.66 bits per heavy atom. The molecule has 6 nitrogen and oxygen atoms in total. The van der Waals surface area contributed by atoms with Crippen LogP contribution in [-0.2, 0) is 13.0 Å². The second-order valence-electron chi connectivity index (χ2n) is 7.56. The van der Waals surface area contributed by atoms with Crippen molar-refractivity contribution < 1.29 is 18.0 Å². The van der Waals surface area contributed by atoms with Gasteiger partial charge in [-0.25, -0.2) is 13.2 Å². The van der Waals surface area contributed by atoms with Gasteiger partial charge >= 0.3 is 0 Å². The van der Waals surface area contributed by atoms with Crippen molar-refractivity contribution in [2.75, 3.05) is 23.0 Å². The quantitative estimate of drug-likeness (QED) is 0.535. The molecule has 10 heteroatoms. The van der Waals surface area contributed by atoms with Gasteiger partial charge in [0.25, 0.3) is 5.91 Å². The highest BCUT2D eigenvalue weighted by atomic mass is 35.5. The van der Waals surface area contributed by atoms with Crippen LogP contribution in [0.1, 0.15) is 21.6 Å². The lowest BCUT2D eigenvalue weighted by Crippen LogP contribution is -2.46. The fraction of sp³-hybridized carbons (Fsp3) is 0.182. The summed E-state index contributed by atoms with van der Waals surface area (Å²) in [4.78, 5) is 30.9. The van der Waals surface area contributed by atoms with E-state index >= 15 is 4.39 Å². The fourth-order valence-electron chi connectivity index (χ4n) is 4.13. The van der Waals surface area contributed by atoms with E-state index in [0.717, 1.165) is 12.1 Å². The van der Waals surface area contributed by atoms with Crippen molar-refractivity contribution >= 4 is 34.6 Å². The first-order valence-corrected chi connectivity index (χ1v) is 10.2. The van der Waals surface area contributed by atoms with Gasteiger partial charge in [0.2, 0.25) is 5.56 Å². The molecule has 1 amide bonds. The molecule has 2 N–H and O–H groups in total. The molecular formula is C22H16ClF3N4O2. The highest BCUT2D eigenvalue weighted by Gasteiger charge is 2.35. The number of nitrogens with one attached hydrogen (secondary N) is 2. The molecule has 2 aliphatic heterocycles. The monoisotopic (exact) mass is 460 g/mol. The third kappa shape index (κ3) is 3.25. The number of amides is 1. The van der Waals surface area contributed by atoms with Crippen LogP contribution in [0.5, 0.6) is 0 Å². The number of halogens is 4. The largest absolute Gasteiger partial charge is 0.324 e. The summed E-state index contributed by atoms with van der Waals surface area (Å²) in [7, 11) is 0. The van der Waals surface area contributed by atoms with E-state index in [9.17, 15) is 18.4 Å². The molecule has 0 unspecified atom stereocenters. The summed E-state index contributed by atoms with van der Waals surface area (Å²) in [6.07, 6.45) is 0.345. The fourth-order valence-corrected chi connectivity index (χ4v) is 4.31. The molecule has 2 aromatic carbocycles. The zero-order valence-electron chi connectivity index (χ0n) is 16.5. The van der Waals surface area contributed by atoms with Crippen molar-refractivity contribution in [3.05, 3.63) is 86.0 Å². The molecule has 32 heavy (non-hydrogen) atoms. The normalized spacial score (nSPS) is 15.6. The van der Waals surface area contributed by atoms with Crippen LogP contribution in [0, 0.1) is 17.5 Å². The Balaban J connectivity index is 1.80. The maximum atomic E-state index is 15.0. The minimum absolute atomic E-state index is 0.0801. The number of nitrogens with zero attached hydrogens (tertiary/aromatic N) is 2. The van der Waals surface area contributed by atoms with E-state index in [1.54, 1.807) is 6.07 Å². The van der Waals surface area contributed by atoms with Crippen LogP contribution in [0.2, 0.25) is 5.02 Å². The van der Waals surface area contributed by atoms with E-state index in [0.29, 0.717) is 30.0 Å². The van der Waals surface area contributed by atoms with E-state index < -0.39 is 23.4 Å². The van der Waals surface area contributed by atoms with Gasteiger partial charge in [0.05, 0.1) is 27.6 Å². The SMILES string of the molecule is O=C1c2cc(F)c(F)cc2N2CN1c1ccc(=O)[nH]c1CCNCc1c2ccc(Cl)c1F. The predicted molar refractivity (Wildman–Crippen MR) is 114 cm³/mol. The number of aromatic amines is 1. The summed E-state index contributed by atoms with van der Waals surface area (Å²) < 4.78 is 43.3. The molecule has 3 heterocycles. The highest BCUT2D eigenvalue weighted by Crippen LogP contribution is 2.40. The van der Waals surface area contributed by atoms with E-state index in [2.05, 4.69) is 10.3 Å². The predicted octanol–water partition coefficient (Wildman–Crippen LogP) is 3.85. The molecule has 5 rings (SSSR count). The lowest BCUT2D eigenvalue weighted by atomic mass is 10.0. The van der Waals surface area contributed by atoms with E-state index in [1.165, 1.54) is 28.0 Å². The number of carbonyl (C=O) groups excluding carboxylic acids is 1. The summed E-state index contributed by atoms with van der Waals surface area (Å²) >= 11 is 6.00. The van der Waals surface area contributed by atoms with Crippen LogP contribution in [0.25, 0.3) is 0 Å². The van der Waals surface area contributed by atoms with Crippen molar-refractivity contribution in [2.45, 2.75) is 13.0 Å². The number of rotatable bonds is 0. The lowest BCUT2D eigenvalue weighted by molar-refractivity contribution is 0.0982. The molecule has 164 valence electrons. The zero-order valence-corrected chi connectivity index (χ0v) is 17.3. The number of anilines is 3. The number of H-pyrrole nitrogens is 1. The van der Waals surface area contributed by atoms with Gasteiger partial charge in [0.15, 0.2) is 11.6 Å². The van der Waals surface area contributed by atoms with Crippen LogP contribution in [0.4, 0.5) is 30.2 Å². The zero-order chi connectivity index (χ0) is 22.6. The second kappa shape index (κ2) is 7.68. The summed E-state index contributed by atoms with van der Waals surface area (Å²) in [5, 5.41) is 3.04. The van der Waals surface area contributed by atoms with Crippen molar-refractivity contribution in [3.8, 4) is 0 Å². The molecule has 0 radical (unpaired) electrons. The molecule has 2 aliphatic rings. The van der Waals surface area contributed by atoms with Crippen molar-refractivity contribution in [2.24, 2.45) is 0 Å². The summed E-state index contributed by atoms with van der Waals surface area (Å²) in [5.41, 5.74) is 1.19. The Morgan fingerprint density at radius 1 is 0.906 bits per heavy atom. The van der Waals surface area contributed by atoms with Crippen molar-refractivity contribution in [1.29, 1.82) is 0 Å². The molecule has 0 saturated carbocycles. The molecule has 0 saturated heterocycles. The maximum Gasteiger partial charge on any atom is 0.262 e. The molecule has 0 aliphatic carbocycles. The van der Waals surface area contributed by atoms with Gasteiger partial charge in [-0.05, 0) is 24.3 Å². The summed E-state index contributed by atoms with van der Waals surface area (Å²) in [6.45, 7) is 0.359. The number of hydrogen-bond donors (Lipinski definition) is 2. The molecule has 1 aromatic heterocycles. The first kappa shape index (κ1) is 20.6. The summed E-state index contributed by atoms with van der Waals surface area (Å²) in [6, 6.07) is 7.51. The number of aromatic nitrogens is 1. The number of fused-ring (bicyclic) bond motifs is 8. The Morgan fingerprint density at radius 3 is 2.47 bits per heavy atom. The van der Waals surface area contributed by atoms with Gasteiger partial charge in [0.1, 0.15) is 12.5 Å². The van der Waals surface area contributed by atoms with Gasteiger partial charge in [-0.2, -0.15) is 0 Å². The Hall–Kier alpha value is -3.30. The summed E-state index contributed by atoms with van der Waals surface area (Å²) in [5.74, 6) is -3.51. The van der Waals surface area contributed by atoms with Crippen LogP contribution in [0.15, 0.2) is 41.2 Å². The van der Waals surface area contributed by atoms with Crippen LogP contribution < -0.4 is 20.7 Å². The average molecular weight is 461 g/mol. The smallest absolute Gasteiger partial charge is 0.262 e. The van der Waals surface area contributed by atoms with Gasteiger partial charge in [0, 0.05) is 42.9 Å². The number of carbonyl (C=O) groups is 1. The minimum Gasteiger partial charge on any atom is -0.324 e. The molecule has 0 spiro atoms. The Kier molecular flexibility index (Phi) is 4.94. The van der Waals surface area contributed by atoms with E-state index in [-0.39, 0.29) is 40.6 Å². The number of benzene rings is 2. The molecule has 2 bridgehead atoms. The first-order chi connectivity index (χ1) is 15.3. The van der Waals surface area contributed by atoms with Crippen LogP contribution in [-0.4, -0.2) is 24.1 Å². The van der Waals surface area contributed by atoms with E-state index in [4.69, 9.17) is 11.6 Å². The number of pyridine rings is 1. The Bertz CT molecular complexity index is 1330. The second-order valence-corrected chi connectivity index (χ2v) is 7.97. The third-order valence-corrected chi connectivity index (χ3v) is 5.96. The van der Waals surface area contributed by atoms with Crippen molar-refractivity contribution in [1.82, 2.24) is 10.3 Å². The molecule has 0 atom stereocenters. The van der Waals surface area contributed by atoms with Crippen LogP contribution >= 0.6 is 11.6 Å². The molecular weight excluding hydrogens is 445 g/mol. The van der Waals surface area contributed by atoms with Crippen molar-refractivity contribution in [3.63, 3.8) is 0 Å². The molecule has 0 fully saturated rings. The van der Waals surface area contributed by atoms with Crippen LogP contribution in [0.3, 0.4) is 0 Å². The minimum atomic E-state index is -1.17. The van der Waals surface area contributed by atoms with Gasteiger partial charge < -0.3 is 15.2 Å². The average Bonchev–Trinajstić information content (AvgIpc) is 2.79. The first-order valence-electron chi connectivity index (χ1n) is 9.83. The maximum absolute atomic E-state index is 15.0. The Labute approximate surface area is 185 Å². The van der Waals surface area contributed by atoms with Gasteiger partial charge in [-0.15, -0.1) is 0 Å².